The second-order valence-corrected chi connectivity index (χ2v) is 7.66. The van der Waals surface area contributed by atoms with Crippen LogP contribution < -0.4 is 5.32 Å². The molecule has 4 rings (SSSR count). The van der Waals surface area contributed by atoms with Crippen molar-refractivity contribution in [3.63, 3.8) is 0 Å². The lowest BCUT2D eigenvalue weighted by atomic mass is 9.79. The van der Waals surface area contributed by atoms with Gasteiger partial charge >= 0.3 is 0 Å². The van der Waals surface area contributed by atoms with E-state index in [2.05, 4.69) is 10.4 Å². The fourth-order valence-corrected chi connectivity index (χ4v) is 4.74. The van der Waals surface area contributed by atoms with E-state index < -0.39 is 0 Å². The number of carbonyl (C=O) groups is 1. The number of hydrogen-bond donors (Lipinski definition) is 1. The Morgan fingerprint density at radius 1 is 1.12 bits per heavy atom. The van der Waals surface area contributed by atoms with Crippen molar-refractivity contribution in [1.82, 2.24) is 15.1 Å². The van der Waals surface area contributed by atoms with Crippen molar-refractivity contribution in [2.45, 2.75) is 51.0 Å². The molecule has 1 aromatic heterocycles. The molecule has 3 aliphatic rings. The Kier molecular flexibility index (Phi) is 5.08. The van der Waals surface area contributed by atoms with Crippen LogP contribution in [-0.4, -0.2) is 48.2 Å². The Bertz CT molecular complexity index is 622. The fraction of sp³-hybridized carbons (Fsp3) is 0.789. The number of fused-ring (bicyclic) bond motifs is 1. The normalized spacial score (nSPS) is 27.7. The van der Waals surface area contributed by atoms with Crippen LogP contribution in [0.2, 0.25) is 0 Å². The predicted octanol–water partition coefficient (Wildman–Crippen LogP) is 1.86. The van der Waals surface area contributed by atoms with Crippen molar-refractivity contribution < 1.29 is 14.3 Å². The SMILES string of the molecule is Cn1nc(C(=O)N[C@H]2CCOC[C@H]2C2CCOCC2)c2c1CCCC2. The summed E-state index contributed by atoms with van der Waals surface area (Å²) in [6.45, 7) is 3.13. The number of ether oxygens (including phenoxy) is 2. The van der Waals surface area contributed by atoms with Crippen LogP contribution in [0.4, 0.5) is 0 Å². The van der Waals surface area contributed by atoms with Crippen LogP contribution in [-0.2, 0) is 29.4 Å². The highest BCUT2D eigenvalue weighted by molar-refractivity contribution is 5.94. The molecule has 6 nitrogen and oxygen atoms in total. The average Bonchev–Trinajstić information content (AvgIpc) is 3.00. The maximum atomic E-state index is 13.0. The molecule has 1 aromatic rings. The van der Waals surface area contributed by atoms with Crippen LogP contribution in [0.25, 0.3) is 0 Å². The predicted molar refractivity (Wildman–Crippen MR) is 93.6 cm³/mol. The minimum absolute atomic E-state index is 0.00251. The highest BCUT2D eigenvalue weighted by atomic mass is 16.5. The summed E-state index contributed by atoms with van der Waals surface area (Å²) in [6, 6.07) is 0.186. The van der Waals surface area contributed by atoms with E-state index in [1.165, 1.54) is 17.7 Å². The lowest BCUT2D eigenvalue weighted by Gasteiger charge is -2.38. The van der Waals surface area contributed by atoms with Gasteiger partial charge in [-0.25, -0.2) is 0 Å². The number of nitrogens with one attached hydrogen (secondary N) is 1. The van der Waals surface area contributed by atoms with Gasteiger partial charge in [0.25, 0.3) is 5.91 Å². The quantitative estimate of drug-likeness (QED) is 0.906. The Labute approximate surface area is 149 Å². The Morgan fingerprint density at radius 3 is 2.72 bits per heavy atom. The number of amides is 1. The van der Waals surface area contributed by atoms with E-state index in [0.717, 1.165) is 65.0 Å². The Morgan fingerprint density at radius 2 is 1.88 bits per heavy atom. The molecular weight excluding hydrogens is 318 g/mol. The molecule has 2 saturated heterocycles. The average molecular weight is 347 g/mol. The van der Waals surface area contributed by atoms with Crippen LogP contribution in [0, 0.1) is 11.8 Å². The molecule has 1 aliphatic carbocycles. The Balaban J connectivity index is 1.49. The number of aromatic nitrogens is 2. The molecule has 0 saturated carbocycles. The van der Waals surface area contributed by atoms with Gasteiger partial charge in [-0.1, -0.05) is 0 Å². The zero-order valence-electron chi connectivity index (χ0n) is 15.1. The van der Waals surface area contributed by atoms with E-state index in [0.29, 0.717) is 17.5 Å². The maximum absolute atomic E-state index is 13.0. The zero-order chi connectivity index (χ0) is 17.2. The molecule has 2 aliphatic heterocycles. The second-order valence-electron chi connectivity index (χ2n) is 7.66. The molecule has 0 spiro atoms. The molecule has 1 amide bonds. The number of hydrogen-bond acceptors (Lipinski definition) is 4. The van der Waals surface area contributed by atoms with Crippen LogP contribution in [0.3, 0.4) is 0 Å². The first-order valence-electron chi connectivity index (χ1n) is 9.75. The van der Waals surface area contributed by atoms with E-state index in [1.807, 2.05) is 11.7 Å². The van der Waals surface area contributed by atoms with E-state index in [4.69, 9.17) is 9.47 Å². The first-order chi connectivity index (χ1) is 12.2. The van der Waals surface area contributed by atoms with Gasteiger partial charge in [-0.05, 0) is 50.9 Å². The first-order valence-corrected chi connectivity index (χ1v) is 9.75. The third-order valence-electron chi connectivity index (χ3n) is 6.17. The van der Waals surface area contributed by atoms with E-state index >= 15 is 0 Å². The summed E-state index contributed by atoms with van der Waals surface area (Å²) in [7, 11) is 1.96. The fourth-order valence-electron chi connectivity index (χ4n) is 4.74. The third kappa shape index (κ3) is 3.47. The largest absolute Gasteiger partial charge is 0.381 e. The lowest BCUT2D eigenvalue weighted by Crippen LogP contribution is -2.49. The summed E-state index contributed by atoms with van der Waals surface area (Å²) in [5.74, 6) is 0.973. The van der Waals surface area contributed by atoms with E-state index in [1.54, 1.807) is 0 Å². The highest BCUT2D eigenvalue weighted by Crippen LogP contribution is 2.31. The van der Waals surface area contributed by atoms with Gasteiger partial charge in [-0.15, -0.1) is 0 Å². The molecule has 2 fully saturated rings. The van der Waals surface area contributed by atoms with E-state index in [9.17, 15) is 4.79 Å². The van der Waals surface area contributed by atoms with Gasteiger partial charge in [0, 0.05) is 50.1 Å². The molecule has 0 radical (unpaired) electrons. The van der Waals surface area contributed by atoms with Crippen molar-refractivity contribution in [2.24, 2.45) is 18.9 Å². The molecule has 3 heterocycles. The monoisotopic (exact) mass is 347 g/mol. The van der Waals surface area contributed by atoms with Crippen LogP contribution in [0.1, 0.15) is 53.8 Å². The van der Waals surface area contributed by atoms with Crippen molar-refractivity contribution in [1.29, 1.82) is 0 Å². The van der Waals surface area contributed by atoms with Gasteiger partial charge in [0.15, 0.2) is 5.69 Å². The van der Waals surface area contributed by atoms with Crippen molar-refractivity contribution >= 4 is 5.91 Å². The van der Waals surface area contributed by atoms with Crippen molar-refractivity contribution in [3.8, 4) is 0 Å². The summed E-state index contributed by atoms with van der Waals surface area (Å²) in [5, 5.41) is 7.86. The summed E-state index contributed by atoms with van der Waals surface area (Å²) in [4.78, 5) is 13.0. The van der Waals surface area contributed by atoms with Crippen molar-refractivity contribution in [2.75, 3.05) is 26.4 Å². The second kappa shape index (κ2) is 7.46. The molecule has 6 heteroatoms. The number of aryl methyl sites for hydroxylation is 1. The molecule has 0 bridgehead atoms. The minimum Gasteiger partial charge on any atom is -0.381 e. The molecule has 1 N–H and O–H groups in total. The van der Waals surface area contributed by atoms with E-state index in [-0.39, 0.29) is 11.9 Å². The lowest BCUT2D eigenvalue weighted by molar-refractivity contribution is -0.0259. The van der Waals surface area contributed by atoms with Gasteiger partial charge in [0.2, 0.25) is 0 Å². The topological polar surface area (TPSA) is 65.4 Å². The van der Waals surface area contributed by atoms with Gasteiger partial charge in [0.1, 0.15) is 0 Å². The first kappa shape index (κ1) is 17.0. The molecule has 0 aromatic carbocycles. The van der Waals surface area contributed by atoms with Crippen LogP contribution in [0.5, 0.6) is 0 Å². The van der Waals surface area contributed by atoms with Gasteiger partial charge in [0.05, 0.1) is 6.61 Å². The highest BCUT2D eigenvalue weighted by Gasteiger charge is 2.35. The minimum atomic E-state index is 0.00251. The zero-order valence-corrected chi connectivity index (χ0v) is 15.1. The summed E-state index contributed by atoms with van der Waals surface area (Å²) >= 11 is 0. The van der Waals surface area contributed by atoms with Crippen LogP contribution in [0.15, 0.2) is 0 Å². The summed E-state index contributed by atoms with van der Waals surface area (Å²) in [6.07, 6.45) is 7.39. The van der Waals surface area contributed by atoms with Crippen molar-refractivity contribution in [3.05, 3.63) is 17.0 Å². The van der Waals surface area contributed by atoms with Gasteiger partial charge in [-0.3, -0.25) is 9.48 Å². The maximum Gasteiger partial charge on any atom is 0.272 e. The molecule has 25 heavy (non-hydrogen) atoms. The third-order valence-corrected chi connectivity index (χ3v) is 6.17. The van der Waals surface area contributed by atoms with Gasteiger partial charge < -0.3 is 14.8 Å². The number of carbonyl (C=O) groups excluding carboxylic acids is 1. The number of nitrogens with zero attached hydrogens (tertiary/aromatic N) is 2. The molecular formula is C19H29N3O3. The molecule has 0 unspecified atom stereocenters. The van der Waals surface area contributed by atoms with Crippen LogP contribution >= 0.6 is 0 Å². The van der Waals surface area contributed by atoms with Gasteiger partial charge in [-0.2, -0.15) is 5.10 Å². The molecule has 138 valence electrons. The standard InChI is InChI=1S/C19H29N3O3/c1-22-17-5-3-2-4-14(17)18(21-22)19(23)20-16-8-11-25-12-15(16)13-6-9-24-10-7-13/h13,15-16H,2-12H2,1H3,(H,20,23)/t15-,16-/m0/s1. The molecule has 2 atom stereocenters. The summed E-state index contributed by atoms with van der Waals surface area (Å²) in [5.41, 5.74) is 3.06. The smallest absolute Gasteiger partial charge is 0.272 e. The Hall–Kier alpha value is -1.40. The summed E-state index contributed by atoms with van der Waals surface area (Å²) < 4.78 is 13.1. The number of rotatable bonds is 3.